The van der Waals surface area contributed by atoms with Crippen LogP contribution < -0.4 is 27.0 Å². The lowest BCUT2D eigenvalue weighted by molar-refractivity contribution is -0.132. The Balaban J connectivity index is 1.32. The standard InChI is InChI=1S/C46H56N8O6S/c1-45(2)43(57)50-37-18-12-31(13-19-37)26-36(30-61(59,60)29-34-8-6-5-7-9-34)41(55)52-39(42(56)49-28-33-10-16-35(17-11-33)40(47)48)27-32-14-20-38(21-15-32)51-44(58)46(3,4)54-24-22-53(45)23-25-54/h5-21,36,39H,22-30H2,1-4H3,(H3,47,48)(H,49,56)(H,50,57)(H,51,58)(H,52,55)/t36-,39-/m0/s1. The Morgan fingerprint density at radius 1 is 0.721 bits per heavy atom. The minimum Gasteiger partial charge on any atom is -0.384 e. The molecule has 0 unspecified atom stereocenters. The number of anilines is 2. The van der Waals surface area contributed by atoms with Gasteiger partial charge in [-0.3, -0.25) is 34.4 Å². The highest BCUT2D eigenvalue weighted by Crippen LogP contribution is 2.26. The summed E-state index contributed by atoms with van der Waals surface area (Å²) in [5.74, 6) is -3.40. The molecule has 4 aromatic rings. The van der Waals surface area contributed by atoms with Crippen molar-refractivity contribution in [3.8, 4) is 0 Å². The highest BCUT2D eigenvalue weighted by Gasteiger charge is 2.41. The molecule has 15 heteroatoms. The molecule has 4 aromatic carbocycles. The van der Waals surface area contributed by atoms with Crippen LogP contribution in [0.15, 0.2) is 103 Å². The Labute approximate surface area is 358 Å². The first-order valence-corrected chi connectivity index (χ1v) is 22.3. The first-order chi connectivity index (χ1) is 28.9. The maximum atomic E-state index is 14.4. The summed E-state index contributed by atoms with van der Waals surface area (Å²) in [6.07, 6.45) is 0.116. The molecule has 4 amide bonds. The molecule has 6 heterocycles. The second kappa shape index (κ2) is 18.8. The molecule has 6 aliphatic heterocycles. The molecule has 0 aromatic heterocycles. The molecule has 0 radical (unpaired) electrons. The number of carbonyl (C=O) groups excluding carboxylic acids is 4. The van der Waals surface area contributed by atoms with E-state index in [0.29, 0.717) is 59.8 Å². The van der Waals surface area contributed by atoms with E-state index in [0.717, 1.165) is 5.56 Å². The van der Waals surface area contributed by atoms with Crippen LogP contribution in [0.25, 0.3) is 0 Å². The van der Waals surface area contributed by atoms with E-state index >= 15 is 0 Å². The smallest absolute Gasteiger partial charge is 0.244 e. The van der Waals surface area contributed by atoms with Gasteiger partial charge in [-0.05, 0) is 80.6 Å². The number of nitrogen functional groups attached to an aromatic ring is 1. The summed E-state index contributed by atoms with van der Waals surface area (Å²) in [5.41, 5.74) is 8.22. The number of rotatable bonds is 8. The van der Waals surface area contributed by atoms with E-state index in [2.05, 4.69) is 31.1 Å². The van der Waals surface area contributed by atoms with E-state index in [1.807, 2.05) is 27.7 Å². The quantitative estimate of drug-likeness (QED) is 0.112. The molecule has 0 spiro atoms. The molecule has 1 fully saturated rings. The fraction of sp³-hybridized carbons (Fsp3) is 0.370. The van der Waals surface area contributed by atoms with Crippen molar-refractivity contribution in [2.75, 3.05) is 42.6 Å². The summed E-state index contributed by atoms with van der Waals surface area (Å²) in [7, 11) is -3.83. The van der Waals surface area contributed by atoms with Crippen molar-refractivity contribution in [3.05, 3.63) is 131 Å². The number of nitrogens with one attached hydrogen (secondary N) is 5. The van der Waals surface area contributed by atoms with Gasteiger partial charge in [0.2, 0.25) is 23.6 Å². The Morgan fingerprint density at radius 2 is 1.21 bits per heavy atom. The van der Waals surface area contributed by atoms with Crippen LogP contribution in [0.3, 0.4) is 0 Å². The molecule has 2 atom stereocenters. The fourth-order valence-electron chi connectivity index (χ4n) is 7.68. The largest absolute Gasteiger partial charge is 0.384 e. The molecule has 0 saturated carbocycles. The normalized spacial score (nSPS) is 22.0. The monoisotopic (exact) mass is 848 g/mol. The van der Waals surface area contributed by atoms with Gasteiger partial charge >= 0.3 is 0 Å². The van der Waals surface area contributed by atoms with Crippen molar-refractivity contribution in [2.24, 2.45) is 11.7 Å². The van der Waals surface area contributed by atoms with Gasteiger partial charge in [0, 0.05) is 56.1 Å². The molecule has 10 rings (SSSR count). The number of benzene rings is 4. The van der Waals surface area contributed by atoms with Crippen LogP contribution in [0.5, 0.6) is 0 Å². The molecule has 7 N–H and O–H groups in total. The highest BCUT2D eigenvalue weighted by molar-refractivity contribution is 7.90. The average Bonchev–Trinajstić information content (AvgIpc) is 3.23. The van der Waals surface area contributed by atoms with Crippen molar-refractivity contribution in [1.29, 1.82) is 5.41 Å². The summed E-state index contributed by atoms with van der Waals surface area (Å²) in [5, 5.41) is 19.5. The molecular formula is C46H56N8O6S. The number of fused-ring (bicyclic) bond motifs is 1. The SMILES string of the molecule is CC1(C)C(=O)Nc2ccc(cc2)C[C@@H](CS(=O)(=O)Cc2ccccc2)C(=O)N[C@H](C(=O)NCc2ccc(C(=N)N)cc2)Cc2ccc(cc2)NC(=O)C(C)(C)N2CCN1CC2. The Morgan fingerprint density at radius 3 is 1.70 bits per heavy atom. The predicted octanol–water partition coefficient (Wildman–Crippen LogP) is 3.85. The zero-order valence-electron chi connectivity index (χ0n) is 35.2. The van der Waals surface area contributed by atoms with E-state index < -0.39 is 50.4 Å². The molecular weight excluding hydrogens is 793 g/mol. The minimum atomic E-state index is -3.83. The van der Waals surface area contributed by atoms with Crippen LogP contribution in [0, 0.1) is 11.3 Å². The van der Waals surface area contributed by atoms with Crippen LogP contribution >= 0.6 is 0 Å². The Kier molecular flexibility index (Phi) is 13.8. The summed E-state index contributed by atoms with van der Waals surface area (Å²) >= 11 is 0. The predicted molar refractivity (Wildman–Crippen MR) is 238 cm³/mol. The second-order valence-electron chi connectivity index (χ2n) is 16.9. The number of amides is 4. The van der Waals surface area contributed by atoms with Crippen molar-refractivity contribution in [3.63, 3.8) is 0 Å². The van der Waals surface area contributed by atoms with E-state index in [9.17, 15) is 27.6 Å². The van der Waals surface area contributed by atoms with E-state index in [1.54, 1.807) is 103 Å². The van der Waals surface area contributed by atoms with Crippen LogP contribution in [0.1, 0.15) is 55.5 Å². The molecule has 6 aliphatic rings. The third kappa shape index (κ3) is 11.5. The minimum absolute atomic E-state index is 0.0471. The van der Waals surface area contributed by atoms with Gasteiger partial charge in [-0.2, -0.15) is 0 Å². The topological polar surface area (TPSA) is 207 Å². The van der Waals surface area contributed by atoms with Crippen molar-refractivity contribution >= 4 is 50.7 Å². The molecule has 61 heavy (non-hydrogen) atoms. The number of sulfone groups is 1. The van der Waals surface area contributed by atoms with E-state index in [4.69, 9.17) is 11.1 Å². The Bertz CT molecular complexity index is 2330. The molecule has 6 bridgehead atoms. The van der Waals surface area contributed by atoms with Gasteiger partial charge in [0.25, 0.3) is 0 Å². The third-order valence-electron chi connectivity index (χ3n) is 11.7. The summed E-state index contributed by atoms with van der Waals surface area (Å²) in [4.78, 5) is 60.0. The van der Waals surface area contributed by atoms with E-state index in [1.165, 1.54) is 0 Å². The lowest BCUT2D eigenvalue weighted by atomic mass is 9.96. The van der Waals surface area contributed by atoms with Crippen LogP contribution in [0.4, 0.5) is 11.4 Å². The van der Waals surface area contributed by atoms with E-state index in [-0.39, 0.29) is 42.8 Å². The number of hydrogen-bond acceptors (Lipinski definition) is 9. The summed E-state index contributed by atoms with van der Waals surface area (Å²) in [6, 6.07) is 28.6. The summed E-state index contributed by atoms with van der Waals surface area (Å²) < 4.78 is 27.5. The third-order valence-corrected chi connectivity index (χ3v) is 13.4. The van der Waals surface area contributed by atoms with Gasteiger partial charge < -0.3 is 27.0 Å². The number of hydrogen-bond donors (Lipinski definition) is 6. The van der Waals surface area contributed by atoms with Gasteiger partial charge in [0.1, 0.15) is 11.9 Å². The van der Waals surface area contributed by atoms with Crippen molar-refractivity contribution < 1.29 is 27.6 Å². The van der Waals surface area contributed by atoms with Crippen LogP contribution in [0.2, 0.25) is 0 Å². The van der Waals surface area contributed by atoms with Gasteiger partial charge in [-0.25, -0.2) is 8.42 Å². The van der Waals surface area contributed by atoms with Crippen molar-refractivity contribution in [2.45, 2.75) is 70.0 Å². The van der Waals surface area contributed by atoms with Crippen LogP contribution in [-0.2, 0) is 54.2 Å². The number of piperazine rings is 1. The van der Waals surface area contributed by atoms with Gasteiger partial charge in [-0.1, -0.05) is 78.9 Å². The maximum absolute atomic E-state index is 14.4. The van der Waals surface area contributed by atoms with Gasteiger partial charge in [0.05, 0.1) is 28.5 Å². The maximum Gasteiger partial charge on any atom is 0.244 e. The number of nitrogens with two attached hydrogens (primary N) is 1. The Hall–Kier alpha value is -5.90. The lowest BCUT2D eigenvalue weighted by Crippen LogP contribution is -2.64. The number of amidine groups is 1. The van der Waals surface area contributed by atoms with Crippen LogP contribution in [-0.4, -0.2) is 96.7 Å². The number of nitrogens with zero attached hydrogens (tertiary/aromatic N) is 2. The van der Waals surface area contributed by atoms with Gasteiger partial charge in [0.15, 0.2) is 9.84 Å². The molecule has 0 aliphatic carbocycles. The summed E-state index contributed by atoms with van der Waals surface area (Å²) in [6.45, 7) is 9.91. The van der Waals surface area contributed by atoms with Gasteiger partial charge in [-0.15, -0.1) is 0 Å². The first kappa shape index (κ1) is 44.6. The number of carbonyl (C=O) groups is 4. The molecule has 14 nitrogen and oxygen atoms in total. The lowest BCUT2D eigenvalue weighted by Gasteiger charge is -2.47. The average molecular weight is 849 g/mol. The molecule has 1 saturated heterocycles. The second-order valence-corrected chi connectivity index (χ2v) is 19.0. The fourth-order valence-corrected chi connectivity index (χ4v) is 9.38. The molecule has 322 valence electrons. The zero-order chi connectivity index (χ0) is 44.0. The first-order valence-electron chi connectivity index (χ1n) is 20.5. The highest BCUT2D eigenvalue weighted by atomic mass is 32.2. The van der Waals surface area contributed by atoms with Crippen molar-refractivity contribution in [1.82, 2.24) is 20.4 Å². The zero-order valence-corrected chi connectivity index (χ0v) is 36.0.